The molecule has 1 radical (unpaired) electrons. The van der Waals surface area contributed by atoms with Crippen LogP contribution in [-0.4, -0.2) is 0 Å². The summed E-state index contributed by atoms with van der Waals surface area (Å²) in [6.45, 7) is 4.24. The van der Waals surface area contributed by atoms with E-state index in [1.165, 1.54) is 49.8 Å². The lowest BCUT2D eigenvalue weighted by atomic mass is 9.78. The Kier molecular flexibility index (Phi) is 3.40. The van der Waals surface area contributed by atoms with Gasteiger partial charge >= 0.3 is 0 Å². The first-order valence-corrected chi connectivity index (χ1v) is 5.86. The van der Waals surface area contributed by atoms with Gasteiger partial charge in [0.15, 0.2) is 0 Å². The van der Waals surface area contributed by atoms with E-state index in [-0.39, 0.29) is 5.82 Å². The van der Waals surface area contributed by atoms with Crippen molar-refractivity contribution in [2.24, 2.45) is 5.92 Å². The molecule has 0 heterocycles. The van der Waals surface area contributed by atoms with E-state index in [4.69, 9.17) is 0 Å². The van der Waals surface area contributed by atoms with Crippen molar-refractivity contribution in [3.8, 4) is 0 Å². The SMILES string of the molecule is [CH2]C(c1ccc(F)cc1)C1CCCCC1. The van der Waals surface area contributed by atoms with Gasteiger partial charge in [-0.05, 0) is 49.3 Å². The van der Waals surface area contributed by atoms with Crippen molar-refractivity contribution in [2.45, 2.75) is 38.0 Å². The van der Waals surface area contributed by atoms with Crippen molar-refractivity contribution in [3.63, 3.8) is 0 Å². The highest BCUT2D eigenvalue weighted by atomic mass is 19.1. The zero-order chi connectivity index (χ0) is 10.7. The van der Waals surface area contributed by atoms with Gasteiger partial charge in [-0.25, -0.2) is 4.39 Å². The van der Waals surface area contributed by atoms with Crippen LogP contribution in [0.3, 0.4) is 0 Å². The second kappa shape index (κ2) is 4.78. The molecule has 1 atom stereocenters. The molecule has 0 N–H and O–H groups in total. The zero-order valence-electron chi connectivity index (χ0n) is 9.08. The van der Waals surface area contributed by atoms with Gasteiger partial charge in [0.05, 0.1) is 0 Å². The summed E-state index contributed by atoms with van der Waals surface area (Å²) in [6, 6.07) is 6.83. The van der Waals surface area contributed by atoms with E-state index >= 15 is 0 Å². The molecule has 1 fully saturated rings. The smallest absolute Gasteiger partial charge is 0.123 e. The monoisotopic (exact) mass is 205 g/mol. The lowest BCUT2D eigenvalue weighted by Crippen LogP contribution is -2.14. The van der Waals surface area contributed by atoms with Crippen LogP contribution in [0.4, 0.5) is 4.39 Å². The van der Waals surface area contributed by atoms with Crippen LogP contribution in [0.25, 0.3) is 0 Å². The Morgan fingerprint density at radius 2 is 1.67 bits per heavy atom. The Balaban J connectivity index is 2.05. The zero-order valence-corrected chi connectivity index (χ0v) is 9.08. The molecule has 2 rings (SSSR count). The number of hydrogen-bond donors (Lipinski definition) is 0. The summed E-state index contributed by atoms with van der Waals surface area (Å²) in [5, 5.41) is 0. The van der Waals surface area contributed by atoms with Gasteiger partial charge in [0, 0.05) is 0 Å². The molecule has 0 saturated heterocycles. The molecule has 0 aromatic heterocycles. The van der Waals surface area contributed by atoms with Crippen molar-refractivity contribution in [1.82, 2.24) is 0 Å². The summed E-state index contributed by atoms with van der Waals surface area (Å²) in [7, 11) is 0. The standard InChI is InChI=1S/C14H18F/c1-11(12-5-3-2-4-6-12)13-7-9-14(15)10-8-13/h7-12H,1-6H2. The third kappa shape index (κ3) is 2.58. The van der Waals surface area contributed by atoms with Gasteiger partial charge in [-0.1, -0.05) is 31.4 Å². The van der Waals surface area contributed by atoms with Gasteiger partial charge < -0.3 is 0 Å². The first-order valence-electron chi connectivity index (χ1n) is 5.86. The molecule has 15 heavy (non-hydrogen) atoms. The second-order valence-corrected chi connectivity index (χ2v) is 4.56. The van der Waals surface area contributed by atoms with E-state index in [2.05, 4.69) is 6.92 Å². The topological polar surface area (TPSA) is 0 Å². The lowest BCUT2D eigenvalue weighted by molar-refractivity contribution is 0.330. The number of benzene rings is 1. The fraction of sp³-hybridized carbons (Fsp3) is 0.500. The fourth-order valence-corrected chi connectivity index (χ4v) is 2.52. The Labute approximate surface area is 91.5 Å². The van der Waals surface area contributed by atoms with Crippen molar-refractivity contribution < 1.29 is 4.39 Å². The first kappa shape index (κ1) is 10.7. The third-order valence-corrected chi connectivity index (χ3v) is 3.52. The maximum absolute atomic E-state index is 12.8. The third-order valence-electron chi connectivity index (χ3n) is 3.52. The number of halogens is 1. The van der Waals surface area contributed by atoms with Crippen LogP contribution in [0, 0.1) is 18.7 Å². The fourth-order valence-electron chi connectivity index (χ4n) is 2.52. The molecule has 1 unspecified atom stereocenters. The van der Waals surface area contributed by atoms with Crippen LogP contribution in [0.15, 0.2) is 24.3 Å². The van der Waals surface area contributed by atoms with Gasteiger partial charge in [0.2, 0.25) is 0 Å². The maximum atomic E-state index is 12.8. The number of rotatable bonds is 2. The summed E-state index contributed by atoms with van der Waals surface area (Å²) in [5.74, 6) is 0.879. The summed E-state index contributed by atoms with van der Waals surface area (Å²) >= 11 is 0. The Morgan fingerprint density at radius 3 is 2.27 bits per heavy atom. The molecule has 1 aliphatic rings. The Morgan fingerprint density at radius 1 is 1.07 bits per heavy atom. The molecule has 1 aromatic rings. The predicted octanol–water partition coefficient (Wildman–Crippen LogP) is 4.32. The molecule has 1 heteroatoms. The molecule has 0 amide bonds. The summed E-state index contributed by atoms with van der Waals surface area (Å²) in [4.78, 5) is 0. The summed E-state index contributed by atoms with van der Waals surface area (Å²) < 4.78 is 12.8. The van der Waals surface area contributed by atoms with Crippen molar-refractivity contribution in [3.05, 3.63) is 42.6 Å². The molecule has 1 aromatic carbocycles. The summed E-state index contributed by atoms with van der Waals surface area (Å²) in [6.07, 6.45) is 6.60. The molecule has 1 aliphatic carbocycles. The van der Waals surface area contributed by atoms with Gasteiger partial charge in [-0.3, -0.25) is 0 Å². The average molecular weight is 205 g/mol. The largest absolute Gasteiger partial charge is 0.207 e. The summed E-state index contributed by atoms with van der Waals surface area (Å²) in [5.41, 5.74) is 1.18. The highest BCUT2D eigenvalue weighted by Gasteiger charge is 2.21. The van der Waals surface area contributed by atoms with Crippen LogP contribution in [-0.2, 0) is 0 Å². The highest BCUT2D eigenvalue weighted by molar-refractivity contribution is 5.22. The molecule has 81 valence electrons. The van der Waals surface area contributed by atoms with Gasteiger partial charge in [-0.2, -0.15) is 0 Å². The lowest BCUT2D eigenvalue weighted by Gasteiger charge is -2.27. The normalized spacial score (nSPS) is 20.1. The van der Waals surface area contributed by atoms with Gasteiger partial charge in [0.1, 0.15) is 5.82 Å². The van der Waals surface area contributed by atoms with Crippen molar-refractivity contribution >= 4 is 0 Å². The van der Waals surface area contributed by atoms with Gasteiger partial charge in [0.25, 0.3) is 0 Å². The minimum atomic E-state index is -0.158. The van der Waals surface area contributed by atoms with Crippen LogP contribution in [0.2, 0.25) is 0 Å². The Hall–Kier alpha value is -0.850. The van der Waals surface area contributed by atoms with Crippen LogP contribution in [0.5, 0.6) is 0 Å². The molecule has 1 saturated carbocycles. The van der Waals surface area contributed by atoms with Crippen LogP contribution in [0.1, 0.15) is 43.6 Å². The van der Waals surface area contributed by atoms with Crippen molar-refractivity contribution in [2.75, 3.05) is 0 Å². The van der Waals surface area contributed by atoms with Gasteiger partial charge in [-0.15, -0.1) is 0 Å². The van der Waals surface area contributed by atoms with E-state index in [1.807, 2.05) is 12.1 Å². The molecule has 0 aliphatic heterocycles. The minimum absolute atomic E-state index is 0.158. The second-order valence-electron chi connectivity index (χ2n) is 4.56. The predicted molar refractivity (Wildman–Crippen MR) is 61.1 cm³/mol. The molecule has 0 nitrogen and oxygen atoms in total. The van der Waals surface area contributed by atoms with Crippen LogP contribution < -0.4 is 0 Å². The molecular weight excluding hydrogens is 187 g/mol. The molecule has 0 spiro atoms. The highest BCUT2D eigenvalue weighted by Crippen LogP contribution is 2.35. The minimum Gasteiger partial charge on any atom is -0.207 e. The average Bonchev–Trinajstić information content (AvgIpc) is 2.30. The van der Waals surface area contributed by atoms with E-state index in [0.29, 0.717) is 11.8 Å². The van der Waals surface area contributed by atoms with Crippen LogP contribution >= 0.6 is 0 Å². The quantitative estimate of drug-likeness (QED) is 0.674. The van der Waals surface area contributed by atoms with Crippen molar-refractivity contribution in [1.29, 1.82) is 0 Å². The van der Waals surface area contributed by atoms with E-state index in [0.717, 1.165) is 0 Å². The van der Waals surface area contributed by atoms with E-state index in [9.17, 15) is 4.39 Å². The Bertz CT molecular complexity index is 296. The first-order chi connectivity index (χ1) is 7.27. The molecular formula is C14H18F. The number of hydrogen-bond acceptors (Lipinski definition) is 0. The van der Waals surface area contributed by atoms with E-state index < -0.39 is 0 Å². The van der Waals surface area contributed by atoms with E-state index in [1.54, 1.807) is 0 Å². The maximum Gasteiger partial charge on any atom is 0.123 e. The molecule has 0 bridgehead atoms.